The Morgan fingerprint density at radius 3 is 2.69 bits per heavy atom. The highest BCUT2D eigenvalue weighted by molar-refractivity contribution is 14.1. The zero-order valence-electron chi connectivity index (χ0n) is 15.7. The van der Waals surface area contributed by atoms with Crippen LogP contribution in [0.25, 0.3) is 0 Å². The van der Waals surface area contributed by atoms with Gasteiger partial charge in [0.1, 0.15) is 12.3 Å². The number of nitrogens with zero attached hydrogens (tertiary/aromatic N) is 1. The SMILES string of the molecule is CO[C@H]1C(=O)N2C(C(=O)NCc3cccc(I)c3)=C(COC(C)=O)CS(=O)(=O)[C@H]12. The number of benzene rings is 1. The van der Waals surface area contributed by atoms with Gasteiger partial charge in [-0.25, -0.2) is 8.42 Å². The molecule has 3 rings (SSSR count). The molecule has 2 atom stereocenters. The number of carbonyl (C=O) groups excluding carboxylic acids is 3. The average Bonchev–Trinajstić information content (AvgIpc) is 2.64. The lowest BCUT2D eigenvalue weighted by molar-refractivity contribution is -0.160. The van der Waals surface area contributed by atoms with Crippen LogP contribution >= 0.6 is 22.6 Å². The van der Waals surface area contributed by atoms with E-state index in [4.69, 9.17) is 9.47 Å². The van der Waals surface area contributed by atoms with E-state index in [9.17, 15) is 22.8 Å². The highest BCUT2D eigenvalue weighted by atomic mass is 127. The summed E-state index contributed by atoms with van der Waals surface area (Å²) in [7, 11) is -2.56. The lowest BCUT2D eigenvalue weighted by atomic mass is 10.0. The number of ether oxygens (including phenoxy) is 2. The second-order valence-electron chi connectivity index (χ2n) is 6.61. The number of hydrogen-bond acceptors (Lipinski definition) is 7. The second-order valence-corrected chi connectivity index (χ2v) is 9.95. The summed E-state index contributed by atoms with van der Waals surface area (Å²) >= 11 is 2.15. The summed E-state index contributed by atoms with van der Waals surface area (Å²) in [5.41, 5.74) is 0.798. The van der Waals surface area contributed by atoms with Crippen molar-refractivity contribution in [3.05, 3.63) is 44.7 Å². The molecule has 9 nitrogen and oxygen atoms in total. The van der Waals surface area contributed by atoms with Crippen LogP contribution < -0.4 is 5.32 Å². The van der Waals surface area contributed by atoms with Gasteiger partial charge in [0.2, 0.25) is 0 Å². The van der Waals surface area contributed by atoms with Crippen LogP contribution in [-0.2, 0) is 40.2 Å². The van der Waals surface area contributed by atoms with Crippen molar-refractivity contribution in [1.29, 1.82) is 0 Å². The minimum atomic E-state index is -3.80. The van der Waals surface area contributed by atoms with Crippen LogP contribution in [0.15, 0.2) is 35.5 Å². The Morgan fingerprint density at radius 1 is 1.34 bits per heavy atom. The van der Waals surface area contributed by atoms with Crippen molar-refractivity contribution in [1.82, 2.24) is 10.2 Å². The van der Waals surface area contributed by atoms with Gasteiger partial charge in [0.25, 0.3) is 11.8 Å². The van der Waals surface area contributed by atoms with Gasteiger partial charge in [-0.3, -0.25) is 19.3 Å². The van der Waals surface area contributed by atoms with Gasteiger partial charge >= 0.3 is 5.97 Å². The molecule has 0 spiro atoms. The summed E-state index contributed by atoms with van der Waals surface area (Å²) in [5, 5.41) is 1.44. The molecule has 2 aliphatic rings. The van der Waals surface area contributed by atoms with E-state index >= 15 is 0 Å². The maximum absolute atomic E-state index is 12.9. The van der Waals surface area contributed by atoms with Crippen molar-refractivity contribution in [3.63, 3.8) is 0 Å². The summed E-state index contributed by atoms with van der Waals surface area (Å²) < 4.78 is 36.1. The molecule has 156 valence electrons. The van der Waals surface area contributed by atoms with Crippen molar-refractivity contribution in [2.24, 2.45) is 0 Å². The van der Waals surface area contributed by atoms with Gasteiger partial charge in [-0.2, -0.15) is 0 Å². The Labute approximate surface area is 181 Å². The first-order valence-corrected chi connectivity index (χ1v) is 11.4. The minimum absolute atomic E-state index is 0.0551. The molecule has 1 N–H and O–H groups in total. The van der Waals surface area contributed by atoms with Crippen molar-refractivity contribution in [3.8, 4) is 0 Å². The van der Waals surface area contributed by atoms with E-state index in [-0.39, 0.29) is 17.8 Å². The number of rotatable bonds is 6. The van der Waals surface area contributed by atoms with E-state index in [2.05, 4.69) is 27.9 Å². The normalized spacial score (nSPS) is 22.6. The van der Waals surface area contributed by atoms with Gasteiger partial charge in [-0.1, -0.05) is 12.1 Å². The third kappa shape index (κ3) is 4.31. The van der Waals surface area contributed by atoms with Crippen LogP contribution in [0.3, 0.4) is 0 Å². The first-order valence-electron chi connectivity index (χ1n) is 8.61. The second kappa shape index (κ2) is 8.40. The van der Waals surface area contributed by atoms with E-state index in [0.29, 0.717) is 0 Å². The Bertz CT molecular complexity index is 1010. The van der Waals surface area contributed by atoms with Crippen molar-refractivity contribution in [2.45, 2.75) is 24.9 Å². The standard InChI is InChI=1S/C18H19IN2O7S/c1-10(22)28-8-12-9-29(25,26)18-15(27-2)17(24)21(18)14(12)16(23)20-7-11-4-3-5-13(19)6-11/h3-6,15,18H,7-9H2,1-2H3,(H,20,23)/t15-,18+/m0/s1. The topological polar surface area (TPSA) is 119 Å². The van der Waals surface area contributed by atoms with Gasteiger partial charge in [0, 0.05) is 29.7 Å². The number of hydrogen-bond donors (Lipinski definition) is 1. The van der Waals surface area contributed by atoms with Crippen LogP contribution in [0.2, 0.25) is 0 Å². The van der Waals surface area contributed by atoms with E-state index in [1.807, 2.05) is 24.3 Å². The third-order valence-corrected chi connectivity index (χ3v) is 7.19. The number of esters is 1. The number of carbonyl (C=O) groups is 3. The number of nitrogens with one attached hydrogen (secondary N) is 1. The molecule has 0 aliphatic carbocycles. The predicted molar refractivity (Wildman–Crippen MR) is 110 cm³/mol. The number of halogens is 1. The lowest BCUT2D eigenvalue weighted by Crippen LogP contribution is -2.71. The van der Waals surface area contributed by atoms with E-state index in [1.54, 1.807) is 0 Å². The molecule has 0 saturated carbocycles. The largest absolute Gasteiger partial charge is 0.461 e. The Morgan fingerprint density at radius 2 is 2.07 bits per heavy atom. The number of β-lactam (4-membered cyclic amide) rings is 1. The molecule has 0 radical (unpaired) electrons. The highest BCUT2D eigenvalue weighted by Gasteiger charge is 2.60. The Kier molecular flexibility index (Phi) is 6.29. The molecule has 2 aliphatic heterocycles. The molecule has 1 aromatic rings. The molecule has 2 heterocycles. The van der Waals surface area contributed by atoms with Gasteiger partial charge in [-0.05, 0) is 40.3 Å². The molecular weight excluding hydrogens is 515 g/mol. The number of sulfone groups is 1. The molecule has 11 heteroatoms. The van der Waals surface area contributed by atoms with Crippen molar-refractivity contribution < 1.29 is 32.3 Å². The third-order valence-electron chi connectivity index (χ3n) is 4.57. The lowest BCUT2D eigenvalue weighted by Gasteiger charge is -2.48. The molecule has 1 aromatic carbocycles. The monoisotopic (exact) mass is 534 g/mol. The van der Waals surface area contributed by atoms with Gasteiger partial charge in [0.15, 0.2) is 21.3 Å². The molecule has 1 saturated heterocycles. The van der Waals surface area contributed by atoms with Crippen molar-refractivity contribution in [2.75, 3.05) is 19.5 Å². The summed E-state index contributed by atoms with van der Waals surface area (Å²) in [6.45, 7) is 0.967. The molecule has 29 heavy (non-hydrogen) atoms. The molecule has 0 bridgehead atoms. The molecule has 2 amide bonds. The maximum atomic E-state index is 12.9. The Hall–Kier alpha value is -1.99. The van der Waals surface area contributed by atoms with Gasteiger partial charge in [-0.15, -0.1) is 0 Å². The van der Waals surface area contributed by atoms with Gasteiger partial charge in [0.05, 0.1) is 5.75 Å². The van der Waals surface area contributed by atoms with Crippen LogP contribution in [0.4, 0.5) is 0 Å². The first-order chi connectivity index (χ1) is 13.7. The average molecular weight is 534 g/mol. The summed E-state index contributed by atoms with van der Waals surface area (Å²) in [6, 6.07) is 7.48. The summed E-state index contributed by atoms with van der Waals surface area (Å²) in [6.07, 6.45) is -1.16. The molecule has 0 unspecified atom stereocenters. The van der Waals surface area contributed by atoms with Crippen LogP contribution in [-0.4, -0.2) is 62.0 Å². The van der Waals surface area contributed by atoms with Crippen LogP contribution in [0.5, 0.6) is 0 Å². The number of methoxy groups -OCH3 is 1. The zero-order valence-corrected chi connectivity index (χ0v) is 18.7. The fraction of sp³-hybridized carbons (Fsp3) is 0.389. The quantitative estimate of drug-likeness (QED) is 0.318. The summed E-state index contributed by atoms with van der Waals surface area (Å²) in [4.78, 5) is 37.5. The first kappa shape index (κ1) is 21.7. The van der Waals surface area contributed by atoms with Crippen molar-refractivity contribution >= 4 is 50.2 Å². The molecule has 1 fully saturated rings. The highest BCUT2D eigenvalue weighted by Crippen LogP contribution is 2.38. The van der Waals surface area contributed by atoms with E-state index in [0.717, 1.165) is 14.0 Å². The fourth-order valence-corrected chi connectivity index (χ4v) is 5.91. The number of amides is 2. The van der Waals surface area contributed by atoms with E-state index < -0.39 is 51.5 Å². The maximum Gasteiger partial charge on any atom is 0.302 e. The Balaban J connectivity index is 1.91. The number of fused-ring (bicyclic) bond motifs is 1. The fourth-order valence-electron chi connectivity index (χ4n) is 3.29. The zero-order chi connectivity index (χ0) is 21.3. The predicted octanol–water partition coefficient (Wildman–Crippen LogP) is 0.336. The van der Waals surface area contributed by atoms with Crippen LogP contribution in [0.1, 0.15) is 12.5 Å². The van der Waals surface area contributed by atoms with E-state index in [1.165, 1.54) is 14.0 Å². The summed E-state index contributed by atoms with van der Waals surface area (Å²) in [5.74, 6) is -2.37. The minimum Gasteiger partial charge on any atom is -0.461 e. The molecular formula is C18H19IN2O7S. The van der Waals surface area contributed by atoms with Crippen LogP contribution in [0, 0.1) is 3.57 Å². The smallest absolute Gasteiger partial charge is 0.302 e. The van der Waals surface area contributed by atoms with Gasteiger partial charge < -0.3 is 14.8 Å². The molecule has 0 aromatic heterocycles.